The van der Waals surface area contributed by atoms with Crippen molar-refractivity contribution in [2.45, 2.75) is 37.8 Å². The van der Waals surface area contributed by atoms with Crippen molar-refractivity contribution in [2.75, 3.05) is 0 Å². The van der Waals surface area contributed by atoms with Gasteiger partial charge in [-0.05, 0) is 43.2 Å². The third-order valence-electron chi connectivity index (χ3n) is 4.57. The summed E-state index contributed by atoms with van der Waals surface area (Å²) in [5.41, 5.74) is -0.131. The Kier molecular flexibility index (Phi) is 5.91. The van der Waals surface area contributed by atoms with Gasteiger partial charge in [0.15, 0.2) is 0 Å². The second-order valence-corrected chi connectivity index (χ2v) is 6.55. The number of carbonyl (C=O) groups is 1. The van der Waals surface area contributed by atoms with Gasteiger partial charge in [-0.1, -0.05) is 12.8 Å². The largest absolute Gasteiger partial charge is 0.391 e. The summed E-state index contributed by atoms with van der Waals surface area (Å²) in [4.78, 5) is 16.0. The normalized spacial score (nSPS) is 20.4. The van der Waals surface area contributed by atoms with Crippen molar-refractivity contribution in [3.63, 3.8) is 0 Å². The predicted octanol–water partition coefficient (Wildman–Crippen LogP) is 3.86. The van der Waals surface area contributed by atoms with Gasteiger partial charge in [0.05, 0.1) is 18.3 Å². The number of carbonyl (C=O) groups excluding carboxylic acids is 1. The van der Waals surface area contributed by atoms with Gasteiger partial charge < -0.3 is 10.4 Å². The Hall–Kier alpha value is -2.67. The molecule has 4 nitrogen and oxygen atoms in total. The van der Waals surface area contributed by atoms with E-state index in [1.54, 1.807) is 0 Å². The Balaban J connectivity index is 1.81. The number of amides is 1. The monoisotopic (exact) mass is 376 g/mol. The molecule has 1 amide bonds. The average molecular weight is 376 g/mol. The summed E-state index contributed by atoms with van der Waals surface area (Å²) in [6, 6.07) is 4.16. The molecule has 0 spiro atoms. The van der Waals surface area contributed by atoms with Crippen molar-refractivity contribution in [3.8, 4) is 0 Å². The lowest BCUT2D eigenvalue weighted by molar-refractivity contribution is 0.0717. The first-order valence-electron chi connectivity index (χ1n) is 8.70. The highest BCUT2D eigenvalue weighted by Gasteiger charge is 2.25. The molecule has 0 saturated heterocycles. The van der Waals surface area contributed by atoms with E-state index < -0.39 is 29.5 Å². The van der Waals surface area contributed by atoms with E-state index in [-0.39, 0.29) is 22.7 Å². The molecular formula is C20H19F3N2O2. The van der Waals surface area contributed by atoms with Gasteiger partial charge in [-0.3, -0.25) is 9.78 Å². The third kappa shape index (κ3) is 4.74. The summed E-state index contributed by atoms with van der Waals surface area (Å²) in [6.07, 6.45) is 5.44. The first-order valence-corrected chi connectivity index (χ1v) is 8.70. The topological polar surface area (TPSA) is 62.2 Å². The van der Waals surface area contributed by atoms with Gasteiger partial charge in [0.1, 0.15) is 17.5 Å². The molecule has 1 fully saturated rings. The maximum Gasteiger partial charge on any atom is 0.251 e. The van der Waals surface area contributed by atoms with Crippen molar-refractivity contribution >= 4 is 17.8 Å². The summed E-state index contributed by atoms with van der Waals surface area (Å²) < 4.78 is 41.5. The fraction of sp³-hybridized carbons (Fsp3) is 0.300. The van der Waals surface area contributed by atoms with Crippen molar-refractivity contribution in [3.05, 3.63) is 65.0 Å². The molecule has 0 radical (unpaired) electrons. The zero-order valence-electron chi connectivity index (χ0n) is 14.5. The summed E-state index contributed by atoms with van der Waals surface area (Å²) in [5.74, 6) is -2.77. The SMILES string of the molecule is O=C(N[C@H]1CCCC[C@@H]1O)c1ccc(F)c(/C=C(\F)c2cncc(F)c2)c1. The van der Waals surface area contributed by atoms with Crippen LogP contribution in [0.25, 0.3) is 11.9 Å². The third-order valence-corrected chi connectivity index (χ3v) is 4.57. The zero-order chi connectivity index (χ0) is 19.4. The Morgan fingerprint density at radius 3 is 2.67 bits per heavy atom. The van der Waals surface area contributed by atoms with Gasteiger partial charge in [-0.25, -0.2) is 13.2 Å². The van der Waals surface area contributed by atoms with Crippen LogP contribution in [-0.2, 0) is 0 Å². The molecule has 1 aromatic carbocycles. The highest BCUT2D eigenvalue weighted by atomic mass is 19.1. The lowest BCUT2D eigenvalue weighted by Gasteiger charge is -2.28. The highest BCUT2D eigenvalue weighted by Crippen LogP contribution is 2.23. The van der Waals surface area contributed by atoms with E-state index in [1.807, 2.05) is 0 Å². The minimum atomic E-state index is -0.874. The molecule has 27 heavy (non-hydrogen) atoms. The number of pyridine rings is 1. The first-order chi connectivity index (χ1) is 12.9. The summed E-state index contributed by atoms with van der Waals surface area (Å²) in [7, 11) is 0. The fourth-order valence-corrected chi connectivity index (χ4v) is 3.09. The van der Waals surface area contributed by atoms with E-state index in [2.05, 4.69) is 10.3 Å². The maximum atomic E-state index is 14.3. The second-order valence-electron chi connectivity index (χ2n) is 6.55. The van der Waals surface area contributed by atoms with Crippen LogP contribution < -0.4 is 5.32 Å². The first kappa shape index (κ1) is 19.1. The smallest absolute Gasteiger partial charge is 0.251 e. The number of rotatable bonds is 4. The summed E-state index contributed by atoms with van der Waals surface area (Å²) in [5, 5.41) is 12.7. The van der Waals surface area contributed by atoms with Gasteiger partial charge in [0.25, 0.3) is 5.91 Å². The number of halogens is 3. The number of hydrogen-bond donors (Lipinski definition) is 2. The molecule has 1 aliphatic carbocycles. The van der Waals surface area contributed by atoms with Crippen LogP contribution >= 0.6 is 0 Å². The van der Waals surface area contributed by atoms with Gasteiger partial charge in [-0.2, -0.15) is 0 Å². The maximum absolute atomic E-state index is 14.3. The number of nitrogens with one attached hydrogen (secondary N) is 1. The van der Waals surface area contributed by atoms with E-state index in [4.69, 9.17) is 0 Å². The molecule has 1 aliphatic rings. The van der Waals surface area contributed by atoms with E-state index in [9.17, 15) is 23.1 Å². The van der Waals surface area contributed by atoms with E-state index in [1.165, 1.54) is 12.1 Å². The Labute approximate surface area is 154 Å². The number of benzene rings is 1. The number of aliphatic hydroxyl groups is 1. The molecule has 3 rings (SSSR count). The lowest BCUT2D eigenvalue weighted by atomic mass is 9.92. The van der Waals surface area contributed by atoms with Crippen LogP contribution in [0, 0.1) is 11.6 Å². The molecule has 0 unspecified atom stereocenters. The zero-order valence-corrected chi connectivity index (χ0v) is 14.5. The van der Waals surface area contributed by atoms with Crippen molar-refractivity contribution < 1.29 is 23.1 Å². The number of hydrogen-bond acceptors (Lipinski definition) is 3. The Morgan fingerprint density at radius 2 is 1.93 bits per heavy atom. The minimum absolute atomic E-state index is 0.130. The van der Waals surface area contributed by atoms with Crippen molar-refractivity contribution in [1.29, 1.82) is 0 Å². The molecule has 0 aliphatic heterocycles. The summed E-state index contributed by atoms with van der Waals surface area (Å²) >= 11 is 0. The van der Waals surface area contributed by atoms with Crippen LogP contribution in [0.4, 0.5) is 13.2 Å². The molecule has 1 saturated carbocycles. The highest BCUT2D eigenvalue weighted by molar-refractivity contribution is 5.95. The Morgan fingerprint density at radius 1 is 1.15 bits per heavy atom. The van der Waals surface area contributed by atoms with E-state index in [0.29, 0.717) is 12.8 Å². The molecule has 2 aromatic rings. The molecule has 7 heteroatoms. The fourth-order valence-electron chi connectivity index (χ4n) is 3.09. The van der Waals surface area contributed by atoms with Gasteiger partial charge in [0, 0.05) is 22.9 Å². The van der Waals surface area contributed by atoms with Crippen LogP contribution in [0.2, 0.25) is 0 Å². The van der Waals surface area contributed by atoms with E-state index >= 15 is 0 Å². The number of aliphatic hydroxyl groups excluding tert-OH is 1. The quantitative estimate of drug-likeness (QED) is 0.852. The molecule has 2 N–H and O–H groups in total. The van der Waals surface area contributed by atoms with Gasteiger partial charge in [-0.15, -0.1) is 0 Å². The minimum Gasteiger partial charge on any atom is -0.391 e. The summed E-state index contributed by atoms with van der Waals surface area (Å²) in [6.45, 7) is 0. The number of nitrogens with zero attached hydrogens (tertiary/aromatic N) is 1. The van der Waals surface area contributed by atoms with Crippen LogP contribution in [0.3, 0.4) is 0 Å². The molecule has 1 heterocycles. The predicted molar refractivity (Wildman–Crippen MR) is 95.3 cm³/mol. The average Bonchev–Trinajstić information content (AvgIpc) is 2.65. The van der Waals surface area contributed by atoms with Crippen LogP contribution in [0.5, 0.6) is 0 Å². The van der Waals surface area contributed by atoms with Crippen molar-refractivity contribution in [2.24, 2.45) is 0 Å². The van der Waals surface area contributed by atoms with Crippen molar-refractivity contribution in [1.82, 2.24) is 10.3 Å². The molecule has 0 bridgehead atoms. The Bertz CT molecular complexity index is 870. The molecule has 1 aromatic heterocycles. The van der Waals surface area contributed by atoms with Crippen LogP contribution in [0.15, 0.2) is 36.7 Å². The number of aromatic nitrogens is 1. The standard InChI is InChI=1S/C20H19F3N2O2/c21-15-8-14(10-24-11-15)17(23)9-13-7-12(5-6-16(13)22)20(27)25-18-3-1-2-4-19(18)26/h5-11,18-19,26H,1-4H2,(H,25,27)/b17-9-/t18-,19-/m0/s1. The van der Waals surface area contributed by atoms with E-state index in [0.717, 1.165) is 43.4 Å². The van der Waals surface area contributed by atoms with Gasteiger partial charge >= 0.3 is 0 Å². The van der Waals surface area contributed by atoms with Gasteiger partial charge in [0.2, 0.25) is 0 Å². The van der Waals surface area contributed by atoms with Crippen LogP contribution in [0.1, 0.15) is 47.2 Å². The lowest BCUT2D eigenvalue weighted by Crippen LogP contribution is -2.45. The second kappa shape index (κ2) is 8.35. The van der Waals surface area contributed by atoms with Crippen LogP contribution in [-0.4, -0.2) is 28.1 Å². The molecular weight excluding hydrogens is 357 g/mol. The molecule has 2 atom stereocenters. The molecule has 142 valence electrons.